The maximum absolute atomic E-state index is 10.8. The molecule has 1 N–H and O–H groups in total. The van der Waals surface area contributed by atoms with Gasteiger partial charge in [0.2, 0.25) is 5.76 Å². The molecule has 0 saturated carbocycles. The molecule has 0 aromatic carbocycles. The summed E-state index contributed by atoms with van der Waals surface area (Å²) in [6, 6.07) is 0. The molecule has 0 atom stereocenters. The van der Waals surface area contributed by atoms with Crippen molar-refractivity contribution in [2.75, 3.05) is 19.8 Å². The maximum atomic E-state index is 10.8. The Morgan fingerprint density at radius 3 is 2.79 bits per heavy atom. The number of rotatable bonds is 8. The third-order valence-electron chi connectivity index (χ3n) is 1.58. The molecule has 19 heavy (non-hydrogen) atoms. The fourth-order valence-corrected chi connectivity index (χ4v) is 0.863. The molecule has 0 fully saturated rings. The quantitative estimate of drug-likeness (QED) is 0.239. The van der Waals surface area contributed by atoms with Crippen molar-refractivity contribution in [3.8, 4) is 12.0 Å². The Hall–Kier alpha value is -2.19. The minimum Gasteiger partial charge on any atom is -0.475 e. The van der Waals surface area contributed by atoms with Gasteiger partial charge in [-0.3, -0.25) is 0 Å². The van der Waals surface area contributed by atoms with Gasteiger partial charge < -0.3 is 19.3 Å². The summed E-state index contributed by atoms with van der Waals surface area (Å²) >= 11 is 0. The van der Waals surface area contributed by atoms with Gasteiger partial charge in [-0.05, 0) is 25.8 Å². The van der Waals surface area contributed by atoms with Crippen molar-refractivity contribution >= 4 is 5.97 Å². The summed E-state index contributed by atoms with van der Waals surface area (Å²) in [6.45, 7) is 7.70. The summed E-state index contributed by atoms with van der Waals surface area (Å²) in [5.41, 5.74) is 0.859. The number of allylic oxidation sites excluding steroid dienone is 1. The number of carbonyl (C=O) groups is 1. The lowest BCUT2D eigenvalue weighted by Crippen LogP contribution is -2.07. The van der Waals surface area contributed by atoms with Crippen LogP contribution in [0.2, 0.25) is 0 Å². The molecule has 0 rings (SSSR count). The van der Waals surface area contributed by atoms with Crippen LogP contribution in [0.3, 0.4) is 0 Å². The molecular formula is C14H18O5. The third kappa shape index (κ3) is 10.7. The lowest BCUT2D eigenvalue weighted by molar-refractivity contribution is -0.136. The summed E-state index contributed by atoms with van der Waals surface area (Å²) < 4.78 is 14.8. The lowest BCUT2D eigenvalue weighted by atomic mass is 10.4. The monoisotopic (exact) mass is 266 g/mol. The fraction of sp³-hybridized carbons (Fsp3) is 0.357. The molecule has 104 valence electrons. The van der Waals surface area contributed by atoms with Crippen LogP contribution in [0.5, 0.6) is 0 Å². The van der Waals surface area contributed by atoms with E-state index >= 15 is 0 Å². The average Bonchev–Trinajstić information content (AvgIpc) is 2.35. The molecular weight excluding hydrogens is 248 g/mol. The van der Waals surface area contributed by atoms with Gasteiger partial charge in [-0.2, -0.15) is 0 Å². The molecule has 0 bridgehead atoms. The van der Waals surface area contributed by atoms with Gasteiger partial charge in [0.1, 0.15) is 6.11 Å². The Bertz CT molecular complexity index is 409. The van der Waals surface area contributed by atoms with E-state index in [1.54, 1.807) is 13.0 Å². The second-order valence-electron chi connectivity index (χ2n) is 3.50. The number of ether oxygens (including phenoxy) is 3. The highest BCUT2D eigenvalue weighted by molar-refractivity contribution is 5.84. The highest BCUT2D eigenvalue weighted by atomic mass is 16.5. The predicted octanol–water partition coefficient (Wildman–Crippen LogP) is 2.08. The third-order valence-corrected chi connectivity index (χ3v) is 1.58. The first-order valence-corrected chi connectivity index (χ1v) is 5.61. The fourth-order valence-electron chi connectivity index (χ4n) is 0.863. The van der Waals surface area contributed by atoms with E-state index < -0.39 is 5.97 Å². The standard InChI is InChI=1S/C14H18O5/c1-4-7-17-8-5-9-19-13(14(15)16)6-10-18-11-12(2)3/h4,6-7H,2,9-11H2,1,3H3,(H,15,16). The minimum atomic E-state index is -1.17. The molecule has 0 saturated heterocycles. The van der Waals surface area contributed by atoms with Crippen molar-refractivity contribution in [1.29, 1.82) is 0 Å². The molecule has 5 nitrogen and oxygen atoms in total. The summed E-state index contributed by atoms with van der Waals surface area (Å²) in [4.78, 5) is 10.8. The van der Waals surface area contributed by atoms with E-state index in [-0.39, 0.29) is 19.0 Å². The van der Waals surface area contributed by atoms with Crippen LogP contribution in [-0.4, -0.2) is 30.9 Å². The summed E-state index contributed by atoms with van der Waals surface area (Å²) in [5.74, 6) is 1.13. The van der Waals surface area contributed by atoms with Gasteiger partial charge in [-0.1, -0.05) is 18.2 Å². The van der Waals surface area contributed by atoms with Gasteiger partial charge in [0.05, 0.1) is 19.5 Å². The van der Waals surface area contributed by atoms with E-state index in [1.165, 1.54) is 12.3 Å². The number of carboxylic acids is 1. The van der Waals surface area contributed by atoms with Crippen LogP contribution in [0.4, 0.5) is 0 Å². The molecule has 0 aliphatic heterocycles. The van der Waals surface area contributed by atoms with Crippen LogP contribution in [0, 0.1) is 12.0 Å². The molecule has 0 radical (unpaired) electrons. The van der Waals surface area contributed by atoms with Crippen LogP contribution in [0.1, 0.15) is 13.8 Å². The Morgan fingerprint density at radius 2 is 2.21 bits per heavy atom. The summed E-state index contributed by atoms with van der Waals surface area (Å²) in [5, 5.41) is 8.87. The Kier molecular flexibility index (Phi) is 9.67. The molecule has 0 amide bonds. The first-order valence-electron chi connectivity index (χ1n) is 5.61. The first kappa shape index (κ1) is 16.8. The largest absolute Gasteiger partial charge is 0.475 e. The van der Waals surface area contributed by atoms with Gasteiger partial charge in [-0.15, -0.1) is 0 Å². The zero-order valence-corrected chi connectivity index (χ0v) is 11.1. The van der Waals surface area contributed by atoms with Crippen molar-refractivity contribution in [1.82, 2.24) is 0 Å². The number of carboxylic acid groups (broad SMARTS) is 1. The van der Waals surface area contributed by atoms with Crippen LogP contribution in [-0.2, 0) is 19.0 Å². The number of hydrogen-bond donors (Lipinski definition) is 1. The van der Waals surface area contributed by atoms with Crippen LogP contribution >= 0.6 is 0 Å². The Labute approximate surface area is 113 Å². The van der Waals surface area contributed by atoms with Gasteiger partial charge in [0.15, 0.2) is 6.61 Å². The van der Waals surface area contributed by atoms with Crippen LogP contribution in [0.25, 0.3) is 0 Å². The Morgan fingerprint density at radius 1 is 1.47 bits per heavy atom. The van der Waals surface area contributed by atoms with Crippen molar-refractivity contribution < 1.29 is 24.1 Å². The van der Waals surface area contributed by atoms with Crippen molar-refractivity contribution in [2.45, 2.75) is 13.8 Å². The van der Waals surface area contributed by atoms with E-state index in [9.17, 15) is 4.79 Å². The van der Waals surface area contributed by atoms with Gasteiger partial charge in [0, 0.05) is 0 Å². The summed E-state index contributed by atoms with van der Waals surface area (Å²) in [6.07, 6.45) is 6.76. The molecule has 0 spiro atoms. The number of aliphatic carboxylic acids is 1. The lowest BCUT2D eigenvalue weighted by Gasteiger charge is -2.03. The molecule has 0 unspecified atom stereocenters. The minimum absolute atomic E-state index is 0.0732. The van der Waals surface area contributed by atoms with Gasteiger partial charge >= 0.3 is 5.97 Å². The van der Waals surface area contributed by atoms with Gasteiger partial charge in [-0.25, -0.2) is 4.79 Å². The van der Waals surface area contributed by atoms with Crippen LogP contribution in [0.15, 0.2) is 36.3 Å². The van der Waals surface area contributed by atoms with Gasteiger partial charge in [0.25, 0.3) is 0 Å². The average molecular weight is 266 g/mol. The molecule has 0 aliphatic carbocycles. The second kappa shape index (κ2) is 10.9. The van der Waals surface area contributed by atoms with E-state index in [4.69, 9.17) is 19.3 Å². The molecule has 0 aromatic heterocycles. The van der Waals surface area contributed by atoms with Crippen molar-refractivity contribution in [3.05, 3.63) is 36.3 Å². The topological polar surface area (TPSA) is 65.0 Å². The molecule has 5 heteroatoms. The zero-order valence-electron chi connectivity index (χ0n) is 11.1. The zero-order chi connectivity index (χ0) is 14.5. The highest BCUT2D eigenvalue weighted by Gasteiger charge is 2.07. The highest BCUT2D eigenvalue weighted by Crippen LogP contribution is 1.98. The van der Waals surface area contributed by atoms with E-state index in [0.717, 1.165) is 5.57 Å². The normalized spacial score (nSPS) is 10.7. The number of hydrogen-bond acceptors (Lipinski definition) is 4. The SMILES string of the molecule is C=C(C)COCC=C(OCC#COC=CC)C(=O)O. The molecule has 0 aliphatic rings. The van der Waals surface area contributed by atoms with E-state index in [0.29, 0.717) is 6.61 Å². The van der Waals surface area contributed by atoms with E-state index in [2.05, 4.69) is 18.6 Å². The van der Waals surface area contributed by atoms with Crippen molar-refractivity contribution in [2.24, 2.45) is 0 Å². The Balaban J connectivity index is 4.10. The second-order valence-corrected chi connectivity index (χ2v) is 3.50. The maximum Gasteiger partial charge on any atom is 0.370 e. The first-order chi connectivity index (χ1) is 9.07. The summed E-state index contributed by atoms with van der Waals surface area (Å²) in [7, 11) is 0. The predicted molar refractivity (Wildman–Crippen MR) is 71.0 cm³/mol. The van der Waals surface area contributed by atoms with E-state index in [1.807, 2.05) is 6.92 Å². The molecule has 0 heterocycles. The molecule has 0 aromatic rings. The smallest absolute Gasteiger partial charge is 0.370 e. The van der Waals surface area contributed by atoms with Crippen molar-refractivity contribution in [3.63, 3.8) is 0 Å². The van der Waals surface area contributed by atoms with Crippen LogP contribution < -0.4 is 0 Å².